The molecule has 3 N–H and O–H groups in total. The van der Waals surface area contributed by atoms with Gasteiger partial charge in [-0.1, -0.05) is 0 Å². The lowest BCUT2D eigenvalue weighted by atomic mass is 10.3. The van der Waals surface area contributed by atoms with E-state index in [1.165, 1.54) is 0 Å². The molecule has 144 valence electrons. The molecule has 0 aromatic heterocycles. The first-order chi connectivity index (χ1) is 13.0. The fourth-order valence-corrected chi connectivity index (χ4v) is 2.26. The number of anilines is 1. The summed E-state index contributed by atoms with van der Waals surface area (Å²) in [5.74, 6) is 1.70. The molecule has 7 nitrogen and oxygen atoms in total. The van der Waals surface area contributed by atoms with Gasteiger partial charge in [-0.05, 0) is 74.6 Å². The Morgan fingerprint density at radius 3 is 2.19 bits per heavy atom. The summed E-state index contributed by atoms with van der Waals surface area (Å²) in [4.78, 5) is 12.1. The van der Waals surface area contributed by atoms with Crippen LogP contribution in [0.4, 0.5) is 5.69 Å². The normalized spacial score (nSPS) is 11.1. The van der Waals surface area contributed by atoms with Crippen LogP contribution in [0.1, 0.15) is 13.8 Å². The molecule has 0 aliphatic heterocycles. The average Bonchev–Trinajstić information content (AvgIpc) is 2.68. The molecule has 2 aromatic carbocycles. The lowest BCUT2D eigenvalue weighted by molar-refractivity contribution is -0.127. The number of hydrogen-bond acceptors (Lipinski definition) is 5. The first kappa shape index (κ1) is 20.3. The summed E-state index contributed by atoms with van der Waals surface area (Å²) in [7, 11) is 1.60. The molecule has 0 bridgehead atoms. The van der Waals surface area contributed by atoms with Crippen LogP contribution in [0.2, 0.25) is 0 Å². The number of nitrogens with one attached hydrogen (secondary N) is 3. The highest BCUT2D eigenvalue weighted by molar-refractivity contribution is 7.80. The van der Waals surface area contributed by atoms with E-state index in [9.17, 15) is 4.79 Å². The van der Waals surface area contributed by atoms with Gasteiger partial charge in [0.25, 0.3) is 5.91 Å². The Labute approximate surface area is 164 Å². The van der Waals surface area contributed by atoms with Gasteiger partial charge in [0.2, 0.25) is 0 Å². The minimum absolute atomic E-state index is 0.252. The number of carbonyl (C=O) groups excluding carboxylic acids is 1. The highest BCUT2D eigenvalue weighted by atomic mass is 32.1. The number of thiocarbonyl (C=S) groups is 1. The van der Waals surface area contributed by atoms with Crippen molar-refractivity contribution >= 4 is 28.9 Å². The van der Waals surface area contributed by atoms with Crippen molar-refractivity contribution in [2.75, 3.05) is 19.0 Å². The van der Waals surface area contributed by atoms with Crippen LogP contribution in [0.15, 0.2) is 48.5 Å². The minimum Gasteiger partial charge on any atom is -0.497 e. The third kappa shape index (κ3) is 6.67. The molecule has 0 aliphatic rings. The standard InChI is InChI=1S/C19H23N3O4S/c1-4-25-16-9-11-17(12-10-16)26-13(2)18(23)21-22-19(27)20-14-5-7-15(24-3)8-6-14/h5-13H,4H2,1-3H3,(H,21,23)(H2,20,22,27)/t13-/m1/s1. The lowest BCUT2D eigenvalue weighted by Gasteiger charge is -2.17. The van der Waals surface area contributed by atoms with E-state index < -0.39 is 6.10 Å². The number of amides is 1. The smallest absolute Gasteiger partial charge is 0.279 e. The average molecular weight is 389 g/mol. The third-order valence-corrected chi connectivity index (χ3v) is 3.67. The van der Waals surface area contributed by atoms with Crippen molar-refractivity contribution in [1.82, 2.24) is 10.9 Å². The monoisotopic (exact) mass is 389 g/mol. The number of rotatable bonds is 7. The molecule has 0 spiro atoms. The van der Waals surface area contributed by atoms with E-state index >= 15 is 0 Å². The zero-order valence-corrected chi connectivity index (χ0v) is 16.3. The van der Waals surface area contributed by atoms with Crippen LogP contribution in [0.25, 0.3) is 0 Å². The van der Waals surface area contributed by atoms with E-state index in [0.717, 1.165) is 17.2 Å². The molecule has 8 heteroatoms. The number of hydrogen-bond donors (Lipinski definition) is 3. The zero-order valence-electron chi connectivity index (χ0n) is 15.4. The summed E-state index contributed by atoms with van der Waals surface area (Å²) in [5.41, 5.74) is 5.92. The Hall–Kier alpha value is -3.00. The van der Waals surface area contributed by atoms with Crippen molar-refractivity contribution in [3.63, 3.8) is 0 Å². The second kappa shape index (κ2) is 10.2. The van der Waals surface area contributed by atoms with E-state index in [1.807, 2.05) is 19.1 Å². The summed E-state index contributed by atoms with van der Waals surface area (Å²) in [6.07, 6.45) is -0.709. The molecule has 0 saturated heterocycles. The van der Waals surface area contributed by atoms with Crippen molar-refractivity contribution in [2.45, 2.75) is 20.0 Å². The molecule has 1 atom stereocenters. The fraction of sp³-hybridized carbons (Fsp3) is 0.263. The summed E-state index contributed by atoms with van der Waals surface area (Å²) in [6.45, 7) is 4.15. The lowest BCUT2D eigenvalue weighted by Crippen LogP contribution is -2.48. The summed E-state index contributed by atoms with van der Waals surface area (Å²) < 4.78 is 16.1. The van der Waals surface area contributed by atoms with Crippen LogP contribution in [0, 0.1) is 0 Å². The Kier molecular flexibility index (Phi) is 7.69. The minimum atomic E-state index is -0.709. The zero-order chi connectivity index (χ0) is 19.6. The molecule has 1 amide bonds. The summed E-state index contributed by atoms with van der Waals surface area (Å²) in [5, 5.41) is 3.20. The van der Waals surface area contributed by atoms with Gasteiger partial charge in [-0.25, -0.2) is 0 Å². The first-order valence-electron chi connectivity index (χ1n) is 8.42. The van der Waals surface area contributed by atoms with Crippen molar-refractivity contribution in [3.8, 4) is 17.2 Å². The number of benzene rings is 2. The molecule has 27 heavy (non-hydrogen) atoms. The quantitative estimate of drug-likeness (QED) is 0.496. The van der Waals surface area contributed by atoms with Crippen molar-refractivity contribution in [1.29, 1.82) is 0 Å². The third-order valence-electron chi connectivity index (χ3n) is 3.46. The second-order valence-corrected chi connectivity index (χ2v) is 5.87. The first-order valence-corrected chi connectivity index (χ1v) is 8.83. The molecular weight excluding hydrogens is 366 g/mol. The number of methoxy groups -OCH3 is 1. The maximum absolute atomic E-state index is 12.1. The second-order valence-electron chi connectivity index (χ2n) is 5.46. The Morgan fingerprint density at radius 2 is 1.59 bits per heavy atom. The fourth-order valence-electron chi connectivity index (χ4n) is 2.10. The van der Waals surface area contributed by atoms with E-state index in [-0.39, 0.29) is 11.0 Å². The van der Waals surface area contributed by atoms with Gasteiger partial charge < -0.3 is 19.5 Å². The van der Waals surface area contributed by atoms with Crippen LogP contribution in [0.3, 0.4) is 0 Å². The van der Waals surface area contributed by atoms with E-state index in [0.29, 0.717) is 12.4 Å². The van der Waals surface area contributed by atoms with Gasteiger partial charge in [0.15, 0.2) is 11.2 Å². The summed E-state index contributed by atoms with van der Waals surface area (Å²) in [6, 6.07) is 14.3. The highest BCUT2D eigenvalue weighted by Crippen LogP contribution is 2.18. The van der Waals surface area contributed by atoms with Crippen LogP contribution in [0.5, 0.6) is 17.2 Å². The highest BCUT2D eigenvalue weighted by Gasteiger charge is 2.14. The maximum atomic E-state index is 12.1. The predicted octanol–water partition coefficient (Wildman–Crippen LogP) is 2.88. The number of ether oxygens (including phenoxy) is 3. The molecule has 0 saturated carbocycles. The number of hydrazine groups is 1. The molecule has 0 radical (unpaired) electrons. The van der Waals surface area contributed by atoms with Crippen molar-refractivity contribution < 1.29 is 19.0 Å². The van der Waals surface area contributed by atoms with Crippen LogP contribution in [-0.4, -0.2) is 30.8 Å². The maximum Gasteiger partial charge on any atom is 0.279 e. The molecule has 0 unspecified atom stereocenters. The predicted molar refractivity (Wildman–Crippen MR) is 108 cm³/mol. The molecule has 0 heterocycles. The van der Waals surface area contributed by atoms with Gasteiger partial charge in [-0.15, -0.1) is 0 Å². The molecule has 2 rings (SSSR count). The molecular formula is C19H23N3O4S. The van der Waals surface area contributed by atoms with Crippen LogP contribution < -0.4 is 30.4 Å². The Morgan fingerprint density at radius 1 is 1.00 bits per heavy atom. The topological polar surface area (TPSA) is 80.9 Å². The summed E-state index contributed by atoms with van der Waals surface area (Å²) >= 11 is 5.15. The van der Waals surface area contributed by atoms with Crippen LogP contribution >= 0.6 is 12.2 Å². The van der Waals surface area contributed by atoms with E-state index in [2.05, 4.69) is 16.2 Å². The molecule has 0 fully saturated rings. The Bertz CT molecular complexity index is 751. The van der Waals surface area contributed by atoms with Gasteiger partial charge in [0, 0.05) is 5.69 Å². The van der Waals surface area contributed by atoms with Gasteiger partial charge >= 0.3 is 0 Å². The SMILES string of the molecule is CCOc1ccc(O[C@H](C)C(=O)NNC(=S)Nc2ccc(OC)cc2)cc1. The van der Waals surface area contributed by atoms with Gasteiger partial charge in [-0.3, -0.25) is 15.6 Å². The van der Waals surface area contributed by atoms with Crippen molar-refractivity contribution in [2.24, 2.45) is 0 Å². The largest absolute Gasteiger partial charge is 0.497 e. The van der Waals surface area contributed by atoms with E-state index in [1.54, 1.807) is 50.4 Å². The molecule has 0 aliphatic carbocycles. The van der Waals surface area contributed by atoms with E-state index in [4.69, 9.17) is 26.4 Å². The van der Waals surface area contributed by atoms with Crippen molar-refractivity contribution in [3.05, 3.63) is 48.5 Å². The molecule has 2 aromatic rings. The van der Waals surface area contributed by atoms with Gasteiger partial charge in [0.05, 0.1) is 13.7 Å². The Balaban J connectivity index is 1.77. The number of carbonyl (C=O) groups is 1. The van der Waals surface area contributed by atoms with Crippen LogP contribution in [-0.2, 0) is 4.79 Å². The van der Waals surface area contributed by atoms with Gasteiger partial charge in [0.1, 0.15) is 17.2 Å². The van der Waals surface area contributed by atoms with Gasteiger partial charge in [-0.2, -0.15) is 0 Å².